The molecule has 3 nitrogen and oxygen atoms in total. The summed E-state index contributed by atoms with van der Waals surface area (Å²) in [6.07, 6.45) is 4.63. The molecular weight excluding hydrogens is 338 g/mol. The maximum Gasteiger partial charge on any atom is 0.214 e. The molecule has 1 aliphatic rings. The lowest BCUT2D eigenvalue weighted by Gasteiger charge is -2.34. The first-order valence-electron chi connectivity index (χ1n) is 7.23. The summed E-state index contributed by atoms with van der Waals surface area (Å²) in [6.45, 7) is 0.689. The van der Waals surface area contributed by atoms with E-state index in [1.807, 2.05) is 30.3 Å². The number of aryl methyl sites for hydroxylation is 1. The van der Waals surface area contributed by atoms with Gasteiger partial charge in [0.15, 0.2) is 0 Å². The van der Waals surface area contributed by atoms with Gasteiger partial charge < -0.3 is 0 Å². The van der Waals surface area contributed by atoms with Gasteiger partial charge in [-0.1, -0.05) is 52.7 Å². The van der Waals surface area contributed by atoms with Crippen LogP contribution in [0.1, 0.15) is 31.2 Å². The smallest absolute Gasteiger partial charge is 0.212 e. The fourth-order valence-electron chi connectivity index (χ4n) is 2.76. The predicted molar refractivity (Wildman–Crippen MR) is 86.7 cm³/mol. The van der Waals surface area contributed by atoms with Crippen LogP contribution in [0.5, 0.6) is 0 Å². The second-order valence-electron chi connectivity index (χ2n) is 5.29. The zero-order valence-corrected chi connectivity index (χ0v) is 14.1. The molecule has 1 aromatic rings. The highest BCUT2D eigenvalue weighted by atomic mass is 79.9. The first-order valence-corrected chi connectivity index (χ1v) is 9.96. The van der Waals surface area contributed by atoms with Crippen molar-refractivity contribution in [3.05, 3.63) is 35.9 Å². The Kier molecular flexibility index (Phi) is 6.05. The van der Waals surface area contributed by atoms with E-state index in [0.717, 1.165) is 36.6 Å². The van der Waals surface area contributed by atoms with Crippen molar-refractivity contribution in [1.29, 1.82) is 0 Å². The van der Waals surface area contributed by atoms with Gasteiger partial charge in [0.25, 0.3) is 0 Å². The van der Waals surface area contributed by atoms with E-state index in [0.29, 0.717) is 13.0 Å². The Morgan fingerprint density at radius 3 is 2.65 bits per heavy atom. The topological polar surface area (TPSA) is 37.4 Å². The average Bonchev–Trinajstić information content (AvgIpc) is 2.47. The Balaban J connectivity index is 2.01. The van der Waals surface area contributed by atoms with E-state index in [9.17, 15) is 8.42 Å². The SMILES string of the molecule is O=S(=O)(CCc1ccccc1)N1CCCCC1CCBr. The highest BCUT2D eigenvalue weighted by molar-refractivity contribution is 9.09. The molecule has 0 spiro atoms. The van der Waals surface area contributed by atoms with E-state index >= 15 is 0 Å². The van der Waals surface area contributed by atoms with Crippen LogP contribution in [0.3, 0.4) is 0 Å². The summed E-state index contributed by atoms with van der Waals surface area (Å²) in [5.74, 6) is 0.218. The Morgan fingerprint density at radius 2 is 1.95 bits per heavy atom. The normalized spacial score (nSPS) is 20.9. The molecule has 1 unspecified atom stereocenters. The molecule has 112 valence electrons. The van der Waals surface area contributed by atoms with Crippen molar-refractivity contribution in [3.63, 3.8) is 0 Å². The number of alkyl halides is 1. The van der Waals surface area contributed by atoms with E-state index in [1.54, 1.807) is 4.31 Å². The van der Waals surface area contributed by atoms with Crippen molar-refractivity contribution in [2.24, 2.45) is 0 Å². The van der Waals surface area contributed by atoms with Gasteiger partial charge in [-0.25, -0.2) is 8.42 Å². The van der Waals surface area contributed by atoms with Gasteiger partial charge in [-0.2, -0.15) is 4.31 Å². The molecule has 5 heteroatoms. The summed E-state index contributed by atoms with van der Waals surface area (Å²) in [7, 11) is -3.14. The van der Waals surface area contributed by atoms with Crippen LogP contribution < -0.4 is 0 Å². The molecule has 2 rings (SSSR count). The third-order valence-electron chi connectivity index (χ3n) is 3.86. The van der Waals surface area contributed by atoms with Crippen molar-refractivity contribution in [2.75, 3.05) is 17.6 Å². The lowest BCUT2D eigenvalue weighted by Crippen LogP contribution is -2.45. The summed E-state index contributed by atoms with van der Waals surface area (Å²) < 4.78 is 26.9. The molecule has 20 heavy (non-hydrogen) atoms. The van der Waals surface area contributed by atoms with Crippen molar-refractivity contribution < 1.29 is 8.42 Å². The minimum atomic E-state index is -3.14. The number of halogens is 1. The number of sulfonamides is 1. The van der Waals surface area contributed by atoms with Gasteiger partial charge in [0.1, 0.15) is 0 Å². The number of rotatable bonds is 6. The lowest BCUT2D eigenvalue weighted by atomic mass is 10.0. The molecular formula is C15H22BrNO2S. The quantitative estimate of drug-likeness (QED) is 0.731. The summed E-state index contributed by atoms with van der Waals surface area (Å²) in [5.41, 5.74) is 1.09. The maximum absolute atomic E-state index is 12.6. The van der Waals surface area contributed by atoms with Crippen LogP contribution in [0, 0.1) is 0 Å². The molecule has 0 aromatic heterocycles. The predicted octanol–water partition coefficient (Wildman–Crippen LogP) is 3.20. The van der Waals surface area contributed by atoms with Crippen LogP contribution in [-0.2, 0) is 16.4 Å². The van der Waals surface area contributed by atoms with Gasteiger partial charge in [-0.05, 0) is 31.2 Å². The van der Waals surface area contributed by atoms with Crippen molar-refractivity contribution >= 4 is 26.0 Å². The zero-order valence-electron chi connectivity index (χ0n) is 11.7. The highest BCUT2D eigenvalue weighted by Crippen LogP contribution is 2.24. The third-order valence-corrected chi connectivity index (χ3v) is 6.24. The summed E-state index contributed by atoms with van der Waals surface area (Å²) >= 11 is 3.43. The minimum absolute atomic E-state index is 0.184. The van der Waals surface area contributed by atoms with Gasteiger partial charge in [-0.3, -0.25) is 0 Å². The second-order valence-corrected chi connectivity index (χ2v) is 8.12. The number of hydrogen-bond acceptors (Lipinski definition) is 2. The van der Waals surface area contributed by atoms with Crippen LogP contribution >= 0.6 is 15.9 Å². The van der Waals surface area contributed by atoms with Crippen LogP contribution in [0.4, 0.5) is 0 Å². The van der Waals surface area contributed by atoms with Crippen molar-refractivity contribution in [3.8, 4) is 0 Å². The largest absolute Gasteiger partial charge is 0.214 e. The Labute approximate surface area is 130 Å². The molecule has 1 atom stereocenters. The summed E-state index contributed by atoms with van der Waals surface area (Å²) in [4.78, 5) is 0. The van der Waals surface area contributed by atoms with Crippen molar-refractivity contribution in [2.45, 2.75) is 38.1 Å². The average molecular weight is 360 g/mol. The molecule has 1 heterocycles. The Bertz CT molecular complexity index is 502. The molecule has 0 amide bonds. The number of benzene rings is 1. The molecule has 1 saturated heterocycles. The molecule has 0 aliphatic carbocycles. The first-order chi connectivity index (χ1) is 9.63. The van der Waals surface area contributed by atoms with Gasteiger partial charge in [0.2, 0.25) is 10.0 Å². The van der Waals surface area contributed by atoms with E-state index in [4.69, 9.17) is 0 Å². The molecule has 0 radical (unpaired) electrons. The monoisotopic (exact) mass is 359 g/mol. The second kappa shape index (κ2) is 7.57. The molecule has 1 aromatic carbocycles. The minimum Gasteiger partial charge on any atom is -0.212 e. The summed E-state index contributed by atoms with van der Waals surface area (Å²) in [5, 5.41) is 0.863. The first kappa shape index (κ1) is 16.0. The Hall–Kier alpha value is -0.390. The van der Waals surface area contributed by atoms with E-state index in [2.05, 4.69) is 15.9 Å². The molecule has 1 aliphatic heterocycles. The standard InChI is InChI=1S/C15H22BrNO2S/c16-11-9-15-8-4-5-12-17(15)20(18,19)13-10-14-6-2-1-3-7-14/h1-3,6-7,15H,4-5,8-13H2. The van der Waals surface area contributed by atoms with E-state index in [-0.39, 0.29) is 11.8 Å². The molecule has 0 saturated carbocycles. The maximum atomic E-state index is 12.6. The van der Waals surface area contributed by atoms with Crippen LogP contribution in [-0.4, -0.2) is 36.4 Å². The molecule has 0 N–H and O–H groups in total. The zero-order chi connectivity index (χ0) is 14.4. The van der Waals surface area contributed by atoms with E-state index in [1.165, 1.54) is 0 Å². The number of hydrogen-bond donors (Lipinski definition) is 0. The highest BCUT2D eigenvalue weighted by Gasteiger charge is 2.31. The number of nitrogens with zero attached hydrogens (tertiary/aromatic N) is 1. The van der Waals surface area contributed by atoms with Crippen LogP contribution in [0.15, 0.2) is 30.3 Å². The fraction of sp³-hybridized carbons (Fsp3) is 0.600. The Morgan fingerprint density at radius 1 is 1.20 bits per heavy atom. The van der Waals surface area contributed by atoms with Gasteiger partial charge >= 0.3 is 0 Å². The van der Waals surface area contributed by atoms with Crippen LogP contribution in [0.25, 0.3) is 0 Å². The van der Waals surface area contributed by atoms with Gasteiger partial charge in [0.05, 0.1) is 5.75 Å². The third kappa shape index (κ3) is 4.30. The number of piperidine rings is 1. The van der Waals surface area contributed by atoms with Crippen LogP contribution in [0.2, 0.25) is 0 Å². The lowest BCUT2D eigenvalue weighted by molar-refractivity contribution is 0.248. The van der Waals surface area contributed by atoms with Gasteiger partial charge in [-0.15, -0.1) is 0 Å². The molecule has 0 bridgehead atoms. The van der Waals surface area contributed by atoms with E-state index < -0.39 is 10.0 Å². The summed E-state index contributed by atoms with van der Waals surface area (Å²) in [6, 6.07) is 10.0. The fourth-order valence-corrected chi connectivity index (χ4v) is 5.09. The van der Waals surface area contributed by atoms with Gasteiger partial charge in [0, 0.05) is 17.9 Å². The molecule has 1 fully saturated rings. The van der Waals surface area contributed by atoms with Crippen molar-refractivity contribution in [1.82, 2.24) is 4.31 Å².